The van der Waals surface area contributed by atoms with Crippen LogP contribution in [0.5, 0.6) is 5.75 Å². The molecule has 9 heteroatoms. The van der Waals surface area contributed by atoms with Gasteiger partial charge in [0.15, 0.2) is 0 Å². The van der Waals surface area contributed by atoms with E-state index in [4.69, 9.17) is 5.73 Å². The summed E-state index contributed by atoms with van der Waals surface area (Å²) in [6, 6.07) is 3.57. The first-order valence-electron chi connectivity index (χ1n) is 4.84. The standard InChI is InChI=1S/C10H8BrF6NO/c11-6-3-5(4-18)1-2-7(6)19-8(9(12,13)14)10(15,16)17/h1-3,8H,4,18H2. The minimum absolute atomic E-state index is 0.0334. The van der Waals surface area contributed by atoms with Crippen LogP contribution in [0.2, 0.25) is 0 Å². The monoisotopic (exact) mass is 351 g/mol. The molecule has 0 spiro atoms. The third kappa shape index (κ3) is 4.27. The highest BCUT2D eigenvalue weighted by atomic mass is 79.9. The van der Waals surface area contributed by atoms with Crippen LogP contribution in [0.1, 0.15) is 5.56 Å². The third-order valence-corrected chi connectivity index (χ3v) is 2.69. The molecule has 0 bridgehead atoms. The van der Waals surface area contributed by atoms with Crippen molar-refractivity contribution in [1.29, 1.82) is 0 Å². The third-order valence-electron chi connectivity index (χ3n) is 2.07. The molecule has 2 N–H and O–H groups in total. The predicted molar refractivity (Wildman–Crippen MR) is 58.6 cm³/mol. The summed E-state index contributed by atoms with van der Waals surface area (Å²) in [7, 11) is 0. The first-order chi connectivity index (χ1) is 8.55. The van der Waals surface area contributed by atoms with Crippen molar-refractivity contribution >= 4 is 15.9 Å². The molecule has 0 aliphatic carbocycles. The van der Waals surface area contributed by atoms with Crippen LogP contribution < -0.4 is 10.5 Å². The van der Waals surface area contributed by atoms with E-state index >= 15 is 0 Å². The molecule has 0 fully saturated rings. The molecule has 0 amide bonds. The van der Waals surface area contributed by atoms with E-state index in [9.17, 15) is 26.3 Å². The van der Waals surface area contributed by atoms with Crippen LogP contribution in [0.3, 0.4) is 0 Å². The molecule has 19 heavy (non-hydrogen) atoms. The van der Waals surface area contributed by atoms with Crippen molar-refractivity contribution in [1.82, 2.24) is 0 Å². The van der Waals surface area contributed by atoms with E-state index in [1.165, 1.54) is 12.1 Å². The number of hydrogen-bond donors (Lipinski definition) is 1. The Morgan fingerprint density at radius 1 is 1.11 bits per heavy atom. The van der Waals surface area contributed by atoms with E-state index in [0.29, 0.717) is 5.56 Å². The van der Waals surface area contributed by atoms with Gasteiger partial charge in [0.1, 0.15) is 5.75 Å². The molecule has 108 valence electrons. The minimum atomic E-state index is -5.55. The maximum atomic E-state index is 12.3. The van der Waals surface area contributed by atoms with Crippen molar-refractivity contribution in [3.05, 3.63) is 28.2 Å². The number of rotatable bonds is 3. The molecular weight excluding hydrogens is 344 g/mol. The molecular formula is C10H8BrF6NO. The lowest BCUT2D eigenvalue weighted by atomic mass is 10.2. The number of nitrogens with two attached hydrogens (primary N) is 1. The summed E-state index contributed by atoms with van der Waals surface area (Å²) in [5, 5.41) is 0. The van der Waals surface area contributed by atoms with Crippen molar-refractivity contribution in [2.24, 2.45) is 5.73 Å². The molecule has 0 unspecified atom stereocenters. The van der Waals surface area contributed by atoms with Crippen molar-refractivity contribution in [2.45, 2.75) is 25.0 Å². The first kappa shape index (κ1) is 16.1. The van der Waals surface area contributed by atoms with Gasteiger partial charge < -0.3 is 10.5 Å². The highest BCUT2D eigenvalue weighted by Gasteiger charge is 2.59. The van der Waals surface area contributed by atoms with Gasteiger partial charge in [-0.1, -0.05) is 6.07 Å². The molecule has 1 rings (SSSR count). The second-order valence-corrected chi connectivity index (χ2v) is 4.40. The average molecular weight is 352 g/mol. The van der Waals surface area contributed by atoms with Crippen molar-refractivity contribution in [2.75, 3.05) is 0 Å². The fraction of sp³-hybridized carbons (Fsp3) is 0.400. The maximum absolute atomic E-state index is 12.3. The van der Waals surface area contributed by atoms with Gasteiger partial charge >= 0.3 is 12.4 Å². The number of halogens is 7. The van der Waals surface area contributed by atoms with Crippen LogP contribution >= 0.6 is 15.9 Å². The number of alkyl halides is 6. The van der Waals surface area contributed by atoms with Gasteiger partial charge in [-0.3, -0.25) is 0 Å². The smallest absolute Gasteiger partial charge is 0.434 e. The van der Waals surface area contributed by atoms with Gasteiger partial charge in [0.05, 0.1) is 4.47 Å². The van der Waals surface area contributed by atoms with E-state index in [2.05, 4.69) is 20.7 Å². The van der Waals surface area contributed by atoms with Crippen LogP contribution in [0.15, 0.2) is 22.7 Å². The van der Waals surface area contributed by atoms with E-state index < -0.39 is 24.2 Å². The quantitative estimate of drug-likeness (QED) is 0.841. The molecule has 0 aliphatic heterocycles. The SMILES string of the molecule is NCc1ccc(OC(C(F)(F)F)C(F)(F)F)c(Br)c1. The van der Waals surface area contributed by atoms with Crippen molar-refractivity contribution in [3.63, 3.8) is 0 Å². The molecule has 0 saturated heterocycles. The van der Waals surface area contributed by atoms with Gasteiger partial charge in [0.2, 0.25) is 0 Å². The molecule has 0 saturated carbocycles. The Morgan fingerprint density at radius 2 is 1.63 bits per heavy atom. The Hall–Kier alpha value is -0.960. The molecule has 2 nitrogen and oxygen atoms in total. The second-order valence-electron chi connectivity index (χ2n) is 3.55. The summed E-state index contributed by atoms with van der Waals surface area (Å²) >= 11 is 2.83. The van der Waals surface area contributed by atoms with E-state index in [-0.39, 0.29) is 11.0 Å². The maximum Gasteiger partial charge on any atom is 0.434 e. The molecule has 1 aromatic carbocycles. The first-order valence-corrected chi connectivity index (χ1v) is 5.63. The summed E-state index contributed by atoms with van der Waals surface area (Å²) < 4.78 is 77.8. The lowest BCUT2D eigenvalue weighted by molar-refractivity contribution is -0.300. The van der Waals surface area contributed by atoms with Crippen molar-refractivity contribution in [3.8, 4) is 5.75 Å². The topological polar surface area (TPSA) is 35.2 Å². The van der Waals surface area contributed by atoms with Gasteiger partial charge in [-0.2, -0.15) is 26.3 Å². The predicted octanol–water partition coefficient (Wildman–Crippen LogP) is 3.78. The lowest BCUT2D eigenvalue weighted by Crippen LogP contribution is -2.46. The zero-order valence-corrected chi connectivity index (χ0v) is 10.7. The Kier molecular flexibility index (Phi) is 4.72. The van der Waals surface area contributed by atoms with Crippen LogP contribution in [0.25, 0.3) is 0 Å². The highest BCUT2D eigenvalue weighted by Crippen LogP contribution is 2.38. The molecule has 0 atom stereocenters. The summed E-state index contributed by atoms with van der Waals surface area (Å²) in [5.74, 6) is -0.558. The normalized spacial score (nSPS) is 12.9. The van der Waals surface area contributed by atoms with Crippen molar-refractivity contribution < 1.29 is 31.1 Å². The zero-order chi connectivity index (χ0) is 14.8. The van der Waals surface area contributed by atoms with Gasteiger partial charge in [0, 0.05) is 6.54 Å². The summed E-state index contributed by atoms with van der Waals surface area (Å²) in [6.45, 7) is 0.0981. The van der Waals surface area contributed by atoms with Crippen LogP contribution in [-0.4, -0.2) is 18.5 Å². The van der Waals surface area contributed by atoms with E-state index in [0.717, 1.165) is 6.07 Å². The summed E-state index contributed by atoms with van der Waals surface area (Å²) in [5.41, 5.74) is 5.82. The number of ether oxygens (including phenoxy) is 1. The van der Waals surface area contributed by atoms with Gasteiger partial charge in [0.25, 0.3) is 6.10 Å². The number of hydrogen-bond acceptors (Lipinski definition) is 2. The average Bonchev–Trinajstić information content (AvgIpc) is 2.23. The van der Waals surface area contributed by atoms with Gasteiger partial charge in [-0.15, -0.1) is 0 Å². The largest absolute Gasteiger partial charge is 0.470 e. The van der Waals surface area contributed by atoms with Gasteiger partial charge in [-0.25, -0.2) is 0 Å². The molecule has 0 aliphatic rings. The second kappa shape index (κ2) is 5.58. The van der Waals surface area contributed by atoms with Crippen LogP contribution in [-0.2, 0) is 6.54 Å². The molecule has 0 heterocycles. The summed E-state index contributed by atoms with van der Waals surface area (Å²) in [6.07, 6.45) is -15.0. The minimum Gasteiger partial charge on any atom is -0.470 e. The number of benzene rings is 1. The Labute approximate surface area is 112 Å². The Balaban J connectivity index is 3.04. The molecule has 0 aromatic heterocycles. The Morgan fingerprint density at radius 3 is 2.00 bits per heavy atom. The fourth-order valence-electron chi connectivity index (χ4n) is 1.21. The lowest BCUT2D eigenvalue weighted by Gasteiger charge is -2.24. The van der Waals surface area contributed by atoms with Crippen LogP contribution in [0, 0.1) is 0 Å². The van der Waals surface area contributed by atoms with Crippen LogP contribution in [0.4, 0.5) is 26.3 Å². The zero-order valence-electron chi connectivity index (χ0n) is 9.15. The van der Waals surface area contributed by atoms with Gasteiger partial charge in [-0.05, 0) is 33.6 Å². The molecule has 1 aromatic rings. The Bertz CT molecular complexity index is 431. The van der Waals surface area contributed by atoms with E-state index in [1.54, 1.807) is 0 Å². The molecule has 0 radical (unpaired) electrons. The van der Waals surface area contributed by atoms with E-state index in [1.807, 2.05) is 0 Å². The fourth-order valence-corrected chi connectivity index (χ4v) is 1.73. The summed E-state index contributed by atoms with van der Waals surface area (Å²) in [4.78, 5) is 0. The highest BCUT2D eigenvalue weighted by molar-refractivity contribution is 9.10.